The van der Waals surface area contributed by atoms with Crippen LogP contribution in [0, 0.1) is 6.92 Å². The second kappa shape index (κ2) is 14.4. The first-order chi connectivity index (χ1) is 27.0. The summed E-state index contributed by atoms with van der Waals surface area (Å²) in [4.78, 5) is 70.8. The number of aliphatic hydroxyl groups excluding tert-OH is 2. The molecule has 0 spiro atoms. The highest BCUT2D eigenvalue weighted by Crippen LogP contribution is 2.56. The monoisotopic (exact) mass is 806 g/mol. The number of nitrogens with one attached hydrogen (secondary N) is 2. The van der Waals surface area contributed by atoms with Gasteiger partial charge < -0.3 is 55.1 Å². The van der Waals surface area contributed by atoms with E-state index >= 15 is 0 Å². The van der Waals surface area contributed by atoms with Crippen LogP contribution in [0.5, 0.6) is 11.5 Å². The molecule has 1 saturated heterocycles. The zero-order valence-corrected chi connectivity index (χ0v) is 32.0. The molecule has 3 aromatic rings. The number of hydrogen-bond acceptors (Lipinski definition) is 15. The number of hydrogen-bond donors (Lipinski definition) is 7. The molecule has 57 heavy (non-hydrogen) atoms. The summed E-state index contributed by atoms with van der Waals surface area (Å²) >= 11 is 5.97. The average molecular weight is 807 g/mol. The molecule has 0 aromatic heterocycles. The number of fused-ring (bicyclic) bond motifs is 5. The molecule has 16 nitrogen and oxygen atoms in total. The smallest absolute Gasteiger partial charge is 0.255 e. The Morgan fingerprint density at radius 3 is 2.25 bits per heavy atom. The van der Waals surface area contributed by atoms with Gasteiger partial charge in [-0.3, -0.25) is 24.0 Å². The maximum absolute atomic E-state index is 14.9. The number of Topliss-reactive ketones (excluding diaryl/α,β-unsaturated/α-hetero) is 3. The van der Waals surface area contributed by atoms with Gasteiger partial charge in [-0.05, 0) is 48.7 Å². The molecule has 7 N–H and O–H groups in total. The Labute approximate surface area is 329 Å². The van der Waals surface area contributed by atoms with Gasteiger partial charge in [-0.2, -0.15) is 0 Å². The van der Waals surface area contributed by atoms with Gasteiger partial charge >= 0.3 is 0 Å². The highest BCUT2D eigenvalue weighted by atomic mass is 35.5. The van der Waals surface area contributed by atoms with Crippen molar-refractivity contribution >= 4 is 40.6 Å². The summed E-state index contributed by atoms with van der Waals surface area (Å²) in [6.45, 7) is 3.10. The van der Waals surface area contributed by atoms with E-state index < -0.39 is 123 Å². The van der Waals surface area contributed by atoms with Crippen LogP contribution in [-0.4, -0.2) is 118 Å². The van der Waals surface area contributed by atoms with Gasteiger partial charge in [-0.15, -0.1) is 0 Å². The molecule has 0 bridgehead atoms. The van der Waals surface area contributed by atoms with E-state index in [1.807, 2.05) is 0 Å². The Kier molecular flexibility index (Phi) is 10.2. The molecular weight excluding hydrogens is 768 g/mol. The first kappa shape index (κ1) is 40.2. The number of ether oxygens (including phenoxy) is 4. The maximum Gasteiger partial charge on any atom is 0.255 e. The highest BCUT2D eigenvalue weighted by molar-refractivity contribution is 6.31. The summed E-state index contributed by atoms with van der Waals surface area (Å²) in [6, 6.07) is 8.82. The number of aliphatic hydroxyl groups is 3. The quantitative estimate of drug-likeness (QED) is 0.171. The van der Waals surface area contributed by atoms with Gasteiger partial charge in [0, 0.05) is 62.1 Å². The van der Waals surface area contributed by atoms with Gasteiger partial charge in [0.1, 0.15) is 29.8 Å². The van der Waals surface area contributed by atoms with Crippen LogP contribution in [0.3, 0.4) is 0 Å². The molecule has 1 aliphatic heterocycles. The maximum atomic E-state index is 14.9. The lowest BCUT2D eigenvalue weighted by atomic mass is 9.56. The van der Waals surface area contributed by atoms with Crippen molar-refractivity contribution in [3.05, 3.63) is 103 Å². The van der Waals surface area contributed by atoms with Crippen molar-refractivity contribution in [2.45, 2.75) is 74.8 Å². The first-order valence-electron chi connectivity index (χ1n) is 17.8. The Morgan fingerprint density at radius 1 is 0.947 bits per heavy atom. The molecule has 0 radical (unpaired) electrons. The Morgan fingerprint density at radius 2 is 1.61 bits per heavy atom. The lowest BCUT2D eigenvalue weighted by molar-refractivity contribution is -0.236. The summed E-state index contributed by atoms with van der Waals surface area (Å²) in [7, 11) is 3.59. The highest BCUT2D eigenvalue weighted by Gasteiger charge is 2.72. The van der Waals surface area contributed by atoms with Gasteiger partial charge in [-0.1, -0.05) is 29.8 Å². The van der Waals surface area contributed by atoms with Crippen molar-refractivity contribution in [1.82, 2.24) is 10.6 Å². The van der Waals surface area contributed by atoms with E-state index in [1.165, 1.54) is 27.2 Å². The van der Waals surface area contributed by atoms with Crippen LogP contribution in [0.25, 0.3) is 0 Å². The molecule has 3 aromatic carbocycles. The lowest BCUT2D eigenvalue weighted by Gasteiger charge is -2.53. The van der Waals surface area contributed by atoms with E-state index in [4.69, 9.17) is 30.5 Å². The number of phenolic OH excluding ortho intramolecular Hbond substituents is 2. The summed E-state index contributed by atoms with van der Waals surface area (Å²) in [5.41, 5.74) is -9.40. The van der Waals surface area contributed by atoms with Crippen LogP contribution in [0.4, 0.5) is 0 Å². The number of ketones is 4. The number of phenols is 2. The second-order valence-electron chi connectivity index (χ2n) is 14.4. The van der Waals surface area contributed by atoms with Crippen LogP contribution < -0.4 is 10.6 Å². The number of rotatable bonds is 8. The van der Waals surface area contributed by atoms with E-state index in [0.29, 0.717) is 10.6 Å². The summed E-state index contributed by atoms with van der Waals surface area (Å²) in [6.07, 6.45) is -6.62. The minimum Gasteiger partial charge on any atom is -0.507 e. The molecule has 1 unspecified atom stereocenters. The zero-order chi connectivity index (χ0) is 41.5. The van der Waals surface area contributed by atoms with Crippen LogP contribution >= 0.6 is 11.6 Å². The van der Waals surface area contributed by atoms with E-state index in [2.05, 4.69) is 10.6 Å². The number of amides is 1. The number of benzene rings is 3. The molecule has 8 atom stereocenters. The van der Waals surface area contributed by atoms with E-state index in [-0.39, 0.29) is 28.9 Å². The van der Waals surface area contributed by atoms with Crippen LogP contribution in [-0.2, 0) is 37.5 Å². The number of carbonyl (C=O) groups is 5. The second-order valence-corrected chi connectivity index (χ2v) is 14.8. The van der Waals surface area contributed by atoms with E-state index in [1.54, 1.807) is 31.2 Å². The van der Waals surface area contributed by atoms with Crippen molar-refractivity contribution in [2.24, 2.45) is 0 Å². The topological polar surface area (TPSA) is 247 Å². The molecule has 1 amide bonds. The van der Waals surface area contributed by atoms with Crippen LogP contribution in [0.2, 0.25) is 5.02 Å². The summed E-state index contributed by atoms with van der Waals surface area (Å²) < 4.78 is 22.2. The Balaban J connectivity index is 1.32. The van der Waals surface area contributed by atoms with Crippen LogP contribution in [0.1, 0.15) is 81.0 Å². The molecule has 1 heterocycles. The molecule has 4 aliphatic rings. The van der Waals surface area contributed by atoms with Crippen LogP contribution in [0.15, 0.2) is 48.2 Å². The molecule has 7 rings (SSSR count). The number of carbonyl (C=O) groups excluding carboxylic acids is 5. The Hall–Kier alpha value is -5.04. The number of methoxy groups -OCH3 is 3. The summed E-state index contributed by atoms with van der Waals surface area (Å²) in [5.74, 6) is -7.43. The third-order valence-corrected chi connectivity index (χ3v) is 11.6. The summed E-state index contributed by atoms with van der Waals surface area (Å²) in [5, 5.41) is 64.5. The van der Waals surface area contributed by atoms with Crippen molar-refractivity contribution in [3.63, 3.8) is 0 Å². The number of allylic oxidation sites excluding steroid dienone is 2. The predicted octanol–water partition coefficient (Wildman–Crippen LogP) is 1.55. The first-order valence-corrected chi connectivity index (χ1v) is 18.2. The lowest BCUT2D eigenvalue weighted by Crippen LogP contribution is -2.73. The van der Waals surface area contributed by atoms with Gasteiger partial charge in [-0.25, -0.2) is 0 Å². The third-order valence-electron chi connectivity index (χ3n) is 11.4. The molecule has 1 fully saturated rings. The molecular formula is C40H39ClN2O14. The van der Waals surface area contributed by atoms with Crippen molar-refractivity contribution in [2.75, 3.05) is 21.3 Å². The fraction of sp³-hybridized carbons (Fsp3) is 0.375. The van der Waals surface area contributed by atoms with Gasteiger partial charge in [0.2, 0.25) is 17.3 Å². The number of aromatic hydroxyl groups is 2. The standard InChI is InChI=1S/C40H39ClN2O14/c1-15-10-18-11-24(45)40(56-5)36(51)27-21(35(50)39(40,53)28(18)31(48)25(15)37(52)42-14-17-6-8-19(41)9-7-17)12-20-26(30(27)47)23(44)13-22(29(20)46)43-38-34(55-4)32(49)33(54-3)16(2)57-38/h6-10,12-13,16,24,32-34,38,43,45,47-49,53H,11,14H2,1-5H3,(H,42,52)/t16-,24+,32+,33-,34+,38?,39-,40+/m0/s1. The Bertz CT molecular complexity index is 2290. The number of aryl methyl sites for hydroxylation is 1. The molecule has 3 aliphatic carbocycles. The van der Waals surface area contributed by atoms with E-state index in [0.717, 1.165) is 19.3 Å². The average Bonchev–Trinajstić information content (AvgIpc) is 3.15. The minimum atomic E-state index is -3.26. The van der Waals surface area contributed by atoms with Gasteiger partial charge in [0.05, 0.1) is 34.6 Å². The predicted molar refractivity (Wildman–Crippen MR) is 197 cm³/mol. The largest absolute Gasteiger partial charge is 0.507 e. The third kappa shape index (κ3) is 5.73. The fourth-order valence-electron chi connectivity index (χ4n) is 8.65. The van der Waals surface area contributed by atoms with Gasteiger partial charge in [0.25, 0.3) is 5.91 Å². The molecule has 0 saturated carbocycles. The minimum absolute atomic E-state index is 0.00156. The number of halogens is 1. The SMILES string of the molecule is CO[C@@H]1[C@@H](O)[C@@H](OC)C(NC2=CC(=O)c3c(cc4c(c3O)C(=O)[C@]3(OC)[C@H](O)Cc5cc(C)c(C(=O)NCc6ccc(Cl)cc6)c(O)c5[C@]3(O)C4=O)C2=O)O[C@H]1C. The molecule has 300 valence electrons. The van der Waals surface area contributed by atoms with Crippen molar-refractivity contribution in [1.29, 1.82) is 0 Å². The zero-order valence-electron chi connectivity index (χ0n) is 31.2. The van der Waals surface area contributed by atoms with E-state index in [9.17, 15) is 49.5 Å². The molecule has 17 heteroatoms. The normalized spacial score (nSPS) is 29.2. The van der Waals surface area contributed by atoms with Crippen molar-refractivity contribution in [3.8, 4) is 11.5 Å². The van der Waals surface area contributed by atoms with Gasteiger partial charge in [0.15, 0.2) is 23.2 Å². The van der Waals surface area contributed by atoms with Crippen molar-refractivity contribution < 1.29 is 68.5 Å². The fourth-order valence-corrected chi connectivity index (χ4v) is 8.77.